The molecule has 0 bridgehead atoms. The van der Waals surface area contributed by atoms with Gasteiger partial charge in [0.25, 0.3) is 10.0 Å². The summed E-state index contributed by atoms with van der Waals surface area (Å²) < 4.78 is 26.2. The van der Waals surface area contributed by atoms with Gasteiger partial charge in [0.2, 0.25) is 0 Å². The lowest BCUT2D eigenvalue weighted by molar-refractivity contribution is 0.601. The van der Waals surface area contributed by atoms with Crippen molar-refractivity contribution in [1.82, 2.24) is 4.98 Å². The number of nitrogen functional groups attached to an aromatic ring is 1. The van der Waals surface area contributed by atoms with Crippen molar-refractivity contribution in [2.45, 2.75) is 4.90 Å². The maximum atomic E-state index is 11.9. The predicted octanol–water partition coefficient (Wildman–Crippen LogP) is 2.18. The molecular weight excluding hydrogens is 282 g/mol. The molecule has 0 aliphatic carbocycles. The third kappa shape index (κ3) is 2.68. The van der Waals surface area contributed by atoms with Gasteiger partial charge in [-0.3, -0.25) is 4.72 Å². The van der Waals surface area contributed by atoms with Crippen molar-refractivity contribution in [3.8, 4) is 0 Å². The zero-order chi connectivity index (χ0) is 12.5. The topological polar surface area (TPSA) is 85.1 Å². The van der Waals surface area contributed by atoms with E-state index in [0.29, 0.717) is 10.2 Å². The summed E-state index contributed by atoms with van der Waals surface area (Å²) in [4.78, 5) is 3.89. The summed E-state index contributed by atoms with van der Waals surface area (Å²) in [5.41, 5.74) is 5.77. The SMILES string of the molecule is Nc1cc(S(=O)(=O)Nc2nccs2)ccc1Cl. The van der Waals surface area contributed by atoms with Gasteiger partial charge in [0.05, 0.1) is 15.6 Å². The van der Waals surface area contributed by atoms with Crippen LogP contribution in [0.4, 0.5) is 10.8 Å². The standard InChI is InChI=1S/C9H8ClN3O2S2/c10-7-2-1-6(5-8(7)11)17(14,15)13-9-12-3-4-16-9/h1-5H,11H2,(H,12,13). The van der Waals surface area contributed by atoms with E-state index in [2.05, 4.69) is 9.71 Å². The summed E-state index contributed by atoms with van der Waals surface area (Å²) in [5, 5.41) is 2.30. The number of nitrogens with one attached hydrogen (secondary N) is 1. The Labute approximate surface area is 107 Å². The van der Waals surface area contributed by atoms with Crippen molar-refractivity contribution >= 4 is 43.8 Å². The van der Waals surface area contributed by atoms with Crippen LogP contribution in [0.3, 0.4) is 0 Å². The van der Waals surface area contributed by atoms with E-state index in [1.165, 1.54) is 35.7 Å². The summed E-state index contributed by atoms with van der Waals surface area (Å²) in [6.07, 6.45) is 1.51. The first kappa shape index (κ1) is 12.2. The van der Waals surface area contributed by atoms with E-state index in [1.54, 1.807) is 5.38 Å². The lowest BCUT2D eigenvalue weighted by Crippen LogP contribution is -2.13. The van der Waals surface area contributed by atoms with Gasteiger partial charge in [0.1, 0.15) is 0 Å². The van der Waals surface area contributed by atoms with Crippen molar-refractivity contribution in [2.24, 2.45) is 0 Å². The molecule has 0 amide bonds. The van der Waals surface area contributed by atoms with E-state index >= 15 is 0 Å². The molecule has 2 rings (SSSR count). The van der Waals surface area contributed by atoms with Crippen molar-refractivity contribution in [3.63, 3.8) is 0 Å². The van der Waals surface area contributed by atoms with Gasteiger partial charge < -0.3 is 5.73 Å². The van der Waals surface area contributed by atoms with Crippen LogP contribution in [0.25, 0.3) is 0 Å². The van der Waals surface area contributed by atoms with Gasteiger partial charge in [-0.15, -0.1) is 11.3 Å². The molecule has 3 N–H and O–H groups in total. The molecule has 1 aromatic carbocycles. The van der Waals surface area contributed by atoms with Crippen molar-refractivity contribution in [1.29, 1.82) is 0 Å². The Hall–Kier alpha value is -1.31. The fraction of sp³-hybridized carbons (Fsp3) is 0. The van der Waals surface area contributed by atoms with Gasteiger partial charge in [-0.25, -0.2) is 13.4 Å². The molecular formula is C9H8ClN3O2S2. The quantitative estimate of drug-likeness (QED) is 0.848. The van der Waals surface area contributed by atoms with Crippen LogP contribution in [0.2, 0.25) is 5.02 Å². The minimum absolute atomic E-state index is 0.0506. The number of sulfonamides is 1. The zero-order valence-electron chi connectivity index (χ0n) is 8.42. The first-order valence-corrected chi connectivity index (χ1v) is 7.20. The van der Waals surface area contributed by atoms with E-state index in [4.69, 9.17) is 17.3 Å². The fourth-order valence-electron chi connectivity index (χ4n) is 1.14. The summed E-state index contributed by atoms with van der Waals surface area (Å²) in [5.74, 6) is 0. The van der Waals surface area contributed by atoms with E-state index in [0.717, 1.165) is 0 Å². The number of benzene rings is 1. The Morgan fingerprint density at radius 2 is 2.18 bits per heavy atom. The van der Waals surface area contributed by atoms with E-state index in [9.17, 15) is 8.42 Å². The number of hydrogen-bond donors (Lipinski definition) is 2. The fourth-order valence-corrected chi connectivity index (χ4v) is 3.08. The van der Waals surface area contributed by atoms with Crippen LogP contribution in [0.1, 0.15) is 0 Å². The normalized spacial score (nSPS) is 11.4. The number of rotatable bonds is 3. The highest BCUT2D eigenvalue weighted by atomic mass is 35.5. The second-order valence-electron chi connectivity index (χ2n) is 3.13. The third-order valence-corrected chi connectivity index (χ3v) is 4.43. The average Bonchev–Trinajstić information content (AvgIpc) is 2.73. The van der Waals surface area contributed by atoms with Gasteiger partial charge in [0.15, 0.2) is 5.13 Å². The van der Waals surface area contributed by atoms with E-state index in [-0.39, 0.29) is 10.6 Å². The second-order valence-corrected chi connectivity index (χ2v) is 6.11. The lowest BCUT2D eigenvalue weighted by atomic mass is 10.3. The molecule has 17 heavy (non-hydrogen) atoms. The van der Waals surface area contributed by atoms with Crippen LogP contribution < -0.4 is 10.5 Å². The molecule has 0 unspecified atom stereocenters. The molecule has 0 fully saturated rings. The third-order valence-electron chi connectivity index (χ3n) is 1.93. The van der Waals surface area contributed by atoms with Crippen molar-refractivity contribution in [3.05, 3.63) is 34.8 Å². The Kier molecular flexibility index (Phi) is 3.23. The predicted molar refractivity (Wildman–Crippen MR) is 68.8 cm³/mol. The first-order chi connectivity index (χ1) is 7.99. The van der Waals surface area contributed by atoms with Crippen molar-refractivity contribution < 1.29 is 8.42 Å². The molecule has 0 saturated heterocycles. The number of nitrogens with two attached hydrogens (primary N) is 1. The molecule has 5 nitrogen and oxygen atoms in total. The molecule has 1 heterocycles. The van der Waals surface area contributed by atoms with Gasteiger partial charge in [-0.1, -0.05) is 11.6 Å². The highest BCUT2D eigenvalue weighted by Crippen LogP contribution is 2.24. The summed E-state index contributed by atoms with van der Waals surface area (Å²) in [7, 11) is -3.66. The molecule has 0 aliphatic rings. The molecule has 8 heteroatoms. The smallest absolute Gasteiger partial charge is 0.263 e. The van der Waals surface area contributed by atoms with Crippen molar-refractivity contribution in [2.75, 3.05) is 10.5 Å². The number of hydrogen-bond acceptors (Lipinski definition) is 5. The highest BCUT2D eigenvalue weighted by Gasteiger charge is 2.16. The maximum Gasteiger partial charge on any atom is 0.263 e. The maximum absolute atomic E-state index is 11.9. The first-order valence-electron chi connectivity index (χ1n) is 4.46. The van der Waals surface area contributed by atoms with Crippen LogP contribution in [0.15, 0.2) is 34.7 Å². The molecule has 2 aromatic rings. The molecule has 0 atom stereocenters. The summed E-state index contributed by atoms with van der Waals surface area (Å²) in [6.45, 7) is 0. The Bertz CT molecular complexity index is 626. The van der Waals surface area contributed by atoms with Crippen LogP contribution >= 0.6 is 22.9 Å². The molecule has 0 saturated carbocycles. The molecule has 0 aliphatic heterocycles. The van der Waals surface area contributed by atoms with E-state index in [1.807, 2.05) is 0 Å². The Morgan fingerprint density at radius 3 is 2.76 bits per heavy atom. The zero-order valence-corrected chi connectivity index (χ0v) is 10.8. The molecule has 0 radical (unpaired) electrons. The Balaban J connectivity index is 2.35. The highest BCUT2D eigenvalue weighted by molar-refractivity contribution is 7.93. The van der Waals surface area contributed by atoms with Gasteiger partial charge >= 0.3 is 0 Å². The molecule has 1 aromatic heterocycles. The largest absolute Gasteiger partial charge is 0.397 e. The number of aromatic nitrogens is 1. The monoisotopic (exact) mass is 289 g/mol. The van der Waals surface area contributed by atoms with Crippen LogP contribution in [-0.2, 0) is 10.0 Å². The minimum atomic E-state index is -3.66. The number of halogens is 1. The van der Waals surface area contributed by atoms with Crippen LogP contribution in [0.5, 0.6) is 0 Å². The van der Waals surface area contributed by atoms with E-state index < -0.39 is 10.0 Å². The minimum Gasteiger partial charge on any atom is -0.397 e. The van der Waals surface area contributed by atoms with Gasteiger partial charge in [-0.05, 0) is 18.2 Å². The Morgan fingerprint density at radius 1 is 1.41 bits per heavy atom. The van der Waals surface area contributed by atoms with Crippen LogP contribution in [-0.4, -0.2) is 13.4 Å². The van der Waals surface area contributed by atoms with Gasteiger partial charge in [0, 0.05) is 11.6 Å². The number of anilines is 2. The number of nitrogens with zero attached hydrogens (tertiary/aromatic N) is 1. The summed E-state index contributed by atoms with van der Waals surface area (Å²) >= 11 is 6.92. The molecule has 0 spiro atoms. The number of thiazole rings is 1. The summed E-state index contributed by atoms with van der Waals surface area (Å²) in [6, 6.07) is 4.13. The van der Waals surface area contributed by atoms with Crippen LogP contribution in [0, 0.1) is 0 Å². The molecule has 90 valence electrons. The van der Waals surface area contributed by atoms with Gasteiger partial charge in [-0.2, -0.15) is 0 Å². The average molecular weight is 290 g/mol. The lowest BCUT2D eigenvalue weighted by Gasteiger charge is -2.06. The second kappa shape index (κ2) is 4.52.